The van der Waals surface area contributed by atoms with Gasteiger partial charge >= 0.3 is 5.82 Å². The van der Waals surface area contributed by atoms with Crippen molar-refractivity contribution in [3.63, 3.8) is 0 Å². The molecular weight excluding hydrogens is 238 g/mol. The van der Waals surface area contributed by atoms with E-state index < -0.39 is 4.92 Å². The highest BCUT2D eigenvalue weighted by Crippen LogP contribution is 2.14. The van der Waals surface area contributed by atoms with E-state index in [1.54, 1.807) is 13.1 Å². The molecule has 0 aromatic carbocycles. The first-order chi connectivity index (χ1) is 8.60. The zero-order valence-corrected chi connectivity index (χ0v) is 9.57. The number of rotatable bonds is 4. The van der Waals surface area contributed by atoms with Crippen molar-refractivity contribution in [2.45, 2.75) is 13.5 Å². The smallest absolute Gasteiger partial charge is 0.358 e. The maximum absolute atomic E-state index is 10.7. The molecule has 0 bridgehead atoms. The third kappa shape index (κ3) is 2.40. The van der Waals surface area contributed by atoms with E-state index in [0.29, 0.717) is 23.6 Å². The van der Waals surface area contributed by atoms with Crippen LogP contribution in [0.2, 0.25) is 0 Å². The van der Waals surface area contributed by atoms with Crippen LogP contribution in [-0.4, -0.2) is 24.7 Å². The first-order valence-corrected chi connectivity index (χ1v) is 5.06. The van der Waals surface area contributed by atoms with E-state index >= 15 is 0 Å². The van der Waals surface area contributed by atoms with Gasteiger partial charge in [-0.25, -0.2) is 10.8 Å². The van der Waals surface area contributed by atoms with Crippen LogP contribution in [0.1, 0.15) is 11.3 Å². The molecule has 0 saturated heterocycles. The minimum absolute atomic E-state index is 0.150. The van der Waals surface area contributed by atoms with Gasteiger partial charge in [-0.3, -0.25) is 4.98 Å². The van der Waals surface area contributed by atoms with E-state index in [4.69, 9.17) is 5.84 Å². The van der Waals surface area contributed by atoms with E-state index in [2.05, 4.69) is 20.5 Å². The lowest BCUT2D eigenvalue weighted by molar-refractivity contribution is -0.390. The largest absolute Gasteiger partial charge is 0.392 e. The van der Waals surface area contributed by atoms with Crippen molar-refractivity contribution in [3.05, 3.63) is 40.0 Å². The molecule has 0 fully saturated rings. The number of nitrogens with two attached hydrogens (primary N) is 1. The van der Waals surface area contributed by atoms with E-state index in [-0.39, 0.29) is 5.82 Å². The number of nitrogens with one attached hydrogen (secondary N) is 1. The van der Waals surface area contributed by atoms with Gasteiger partial charge in [0.15, 0.2) is 5.82 Å². The van der Waals surface area contributed by atoms with Gasteiger partial charge in [-0.05, 0) is 11.8 Å². The highest BCUT2D eigenvalue weighted by Gasteiger charge is 2.17. The van der Waals surface area contributed by atoms with Crippen LogP contribution >= 0.6 is 0 Å². The lowest BCUT2D eigenvalue weighted by Crippen LogP contribution is -2.10. The molecule has 0 aliphatic rings. The molecule has 9 nitrogen and oxygen atoms in total. The first kappa shape index (κ1) is 11.9. The van der Waals surface area contributed by atoms with Gasteiger partial charge < -0.3 is 15.5 Å². The lowest BCUT2D eigenvalue weighted by Gasteiger charge is -1.99. The Labute approximate surface area is 102 Å². The number of aromatic nitrogens is 4. The topological polar surface area (TPSA) is 125 Å². The summed E-state index contributed by atoms with van der Waals surface area (Å²) < 4.78 is 1.45. The summed E-state index contributed by atoms with van der Waals surface area (Å²) in [6, 6.07) is 0. The molecule has 2 heterocycles. The fraction of sp³-hybridized carbons (Fsp3) is 0.222. The zero-order valence-electron chi connectivity index (χ0n) is 9.57. The monoisotopic (exact) mass is 249 g/mol. The van der Waals surface area contributed by atoms with Crippen LogP contribution in [0.3, 0.4) is 0 Å². The average molecular weight is 249 g/mol. The third-order valence-electron chi connectivity index (χ3n) is 2.27. The molecule has 3 N–H and O–H groups in total. The number of anilines is 1. The van der Waals surface area contributed by atoms with Crippen LogP contribution in [0.15, 0.2) is 18.6 Å². The Morgan fingerprint density at radius 1 is 1.50 bits per heavy atom. The SMILES string of the molecule is Cc1cn(Cc2cnc(NN)cn2)nc1[N+](=O)[O-]. The molecule has 0 spiro atoms. The van der Waals surface area contributed by atoms with Crippen molar-refractivity contribution in [1.29, 1.82) is 0 Å². The Kier molecular flexibility index (Phi) is 3.15. The number of hydrazine groups is 1. The average Bonchev–Trinajstić information content (AvgIpc) is 2.71. The van der Waals surface area contributed by atoms with Crippen LogP contribution in [0.4, 0.5) is 11.6 Å². The number of hydrogen-bond acceptors (Lipinski definition) is 7. The van der Waals surface area contributed by atoms with Crippen LogP contribution in [0.25, 0.3) is 0 Å². The van der Waals surface area contributed by atoms with Crippen molar-refractivity contribution in [3.8, 4) is 0 Å². The molecule has 0 amide bonds. The highest BCUT2D eigenvalue weighted by molar-refractivity contribution is 5.30. The van der Waals surface area contributed by atoms with Crippen LogP contribution < -0.4 is 11.3 Å². The maximum Gasteiger partial charge on any atom is 0.392 e. The fourth-order valence-corrected chi connectivity index (χ4v) is 1.45. The molecule has 0 unspecified atom stereocenters. The van der Waals surface area contributed by atoms with Gasteiger partial charge in [0.1, 0.15) is 6.54 Å². The van der Waals surface area contributed by atoms with Gasteiger partial charge in [-0.2, -0.15) is 4.68 Å². The highest BCUT2D eigenvalue weighted by atomic mass is 16.6. The molecule has 0 aliphatic heterocycles. The van der Waals surface area contributed by atoms with E-state index in [1.807, 2.05) is 0 Å². The van der Waals surface area contributed by atoms with Crippen molar-refractivity contribution >= 4 is 11.6 Å². The molecule has 9 heteroatoms. The second kappa shape index (κ2) is 4.75. The van der Waals surface area contributed by atoms with Crippen molar-refractivity contribution < 1.29 is 4.92 Å². The standard InChI is InChI=1S/C9H11N7O2/c1-6-4-15(14-9(6)16(17)18)5-7-2-12-8(13-10)3-11-7/h2-4H,5,10H2,1H3,(H,12,13). The Bertz CT molecular complexity index is 563. The number of nitrogen functional groups attached to an aromatic ring is 1. The summed E-state index contributed by atoms with van der Waals surface area (Å²) >= 11 is 0. The first-order valence-electron chi connectivity index (χ1n) is 5.06. The predicted octanol–water partition coefficient (Wildman–Crippen LogP) is 0.224. The van der Waals surface area contributed by atoms with Gasteiger partial charge in [-0.1, -0.05) is 0 Å². The number of nitrogens with zero attached hydrogens (tertiary/aromatic N) is 5. The molecule has 0 atom stereocenters. The van der Waals surface area contributed by atoms with E-state index in [1.165, 1.54) is 17.1 Å². The normalized spacial score (nSPS) is 10.3. The summed E-state index contributed by atoms with van der Waals surface area (Å²) in [5.74, 6) is 5.46. The van der Waals surface area contributed by atoms with Crippen LogP contribution in [-0.2, 0) is 6.54 Å². The fourth-order valence-electron chi connectivity index (χ4n) is 1.45. The number of nitro groups is 1. The number of aryl methyl sites for hydroxylation is 1. The Balaban J connectivity index is 2.18. The van der Waals surface area contributed by atoms with Crippen LogP contribution in [0.5, 0.6) is 0 Å². The van der Waals surface area contributed by atoms with Crippen molar-refractivity contribution in [1.82, 2.24) is 19.7 Å². The van der Waals surface area contributed by atoms with Gasteiger partial charge in [-0.15, -0.1) is 0 Å². The summed E-state index contributed by atoms with van der Waals surface area (Å²) in [5.41, 5.74) is 3.50. The van der Waals surface area contributed by atoms with Gasteiger partial charge in [0.25, 0.3) is 0 Å². The van der Waals surface area contributed by atoms with E-state index in [9.17, 15) is 10.1 Å². The lowest BCUT2D eigenvalue weighted by atomic mass is 10.4. The molecule has 2 aromatic heterocycles. The predicted molar refractivity (Wildman–Crippen MR) is 62.6 cm³/mol. The minimum Gasteiger partial charge on any atom is -0.358 e. The van der Waals surface area contributed by atoms with Crippen molar-refractivity contribution in [2.75, 3.05) is 5.43 Å². The molecule has 2 rings (SSSR count). The second-order valence-corrected chi connectivity index (χ2v) is 3.63. The van der Waals surface area contributed by atoms with Crippen LogP contribution in [0, 0.1) is 17.0 Å². The summed E-state index contributed by atoms with van der Waals surface area (Å²) in [4.78, 5) is 18.2. The Hall–Kier alpha value is -2.55. The Morgan fingerprint density at radius 2 is 2.28 bits per heavy atom. The summed E-state index contributed by atoms with van der Waals surface area (Å²) in [5, 5.41) is 14.5. The molecule has 2 aromatic rings. The molecule has 0 saturated carbocycles. The van der Waals surface area contributed by atoms with Gasteiger partial charge in [0.05, 0.1) is 34.9 Å². The quantitative estimate of drug-likeness (QED) is 0.451. The molecule has 0 aliphatic carbocycles. The molecule has 18 heavy (non-hydrogen) atoms. The zero-order chi connectivity index (χ0) is 13.1. The summed E-state index contributed by atoms with van der Waals surface area (Å²) in [7, 11) is 0. The Morgan fingerprint density at radius 3 is 2.78 bits per heavy atom. The third-order valence-corrected chi connectivity index (χ3v) is 2.27. The molecule has 94 valence electrons. The summed E-state index contributed by atoms with van der Waals surface area (Å²) in [6.45, 7) is 1.95. The molecular formula is C9H11N7O2. The van der Waals surface area contributed by atoms with Gasteiger partial charge in [0.2, 0.25) is 0 Å². The minimum atomic E-state index is -0.515. The van der Waals surface area contributed by atoms with E-state index in [0.717, 1.165) is 0 Å². The molecule has 0 radical (unpaired) electrons. The van der Waals surface area contributed by atoms with Gasteiger partial charge in [0, 0.05) is 0 Å². The number of hydrogen-bond donors (Lipinski definition) is 2. The maximum atomic E-state index is 10.7. The van der Waals surface area contributed by atoms with Crippen molar-refractivity contribution in [2.24, 2.45) is 5.84 Å². The summed E-state index contributed by atoms with van der Waals surface area (Å²) in [6.07, 6.45) is 4.59. The second-order valence-electron chi connectivity index (χ2n) is 3.63.